The van der Waals surface area contributed by atoms with Crippen LogP contribution in [0.3, 0.4) is 0 Å². The Morgan fingerprint density at radius 2 is 1.91 bits per heavy atom. The van der Waals surface area contributed by atoms with Gasteiger partial charge in [0.25, 0.3) is 0 Å². The Balaban J connectivity index is 1.98. The molecule has 2 N–H and O–H groups in total. The lowest BCUT2D eigenvalue weighted by Crippen LogP contribution is -2.51. The fourth-order valence-electron chi connectivity index (χ4n) is 2.93. The van der Waals surface area contributed by atoms with Gasteiger partial charge < -0.3 is 15.4 Å². The third-order valence-electron chi connectivity index (χ3n) is 3.87. The molecule has 1 aromatic rings. The van der Waals surface area contributed by atoms with Crippen LogP contribution in [0.5, 0.6) is 0 Å². The van der Waals surface area contributed by atoms with Crippen LogP contribution in [0, 0.1) is 12.8 Å². The number of rotatable bonds is 2. The average molecular weight is 304 g/mol. The quantitative estimate of drug-likeness (QED) is 0.913. The van der Waals surface area contributed by atoms with Crippen LogP contribution in [0.25, 0.3) is 0 Å². The van der Waals surface area contributed by atoms with Gasteiger partial charge >= 0.3 is 6.09 Å². The van der Waals surface area contributed by atoms with Gasteiger partial charge in [0, 0.05) is 19.1 Å². The Morgan fingerprint density at radius 3 is 2.50 bits per heavy atom. The largest absolute Gasteiger partial charge is 0.444 e. The summed E-state index contributed by atoms with van der Waals surface area (Å²) in [6.45, 7) is 9.05. The van der Waals surface area contributed by atoms with E-state index in [9.17, 15) is 4.79 Å². The van der Waals surface area contributed by atoms with Crippen LogP contribution in [0.4, 0.5) is 4.79 Å². The normalized spacial score (nSPS) is 22.5. The maximum absolute atomic E-state index is 12.3. The Bertz CT molecular complexity index is 505. The minimum Gasteiger partial charge on any atom is -0.444 e. The first-order chi connectivity index (χ1) is 10.2. The van der Waals surface area contributed by atoms with E-state index in [2.05, 4.69) is 31.2 Å². The first-order valence-corrected chi connectivity index (χ1v) is 8.02. The van der Waals surface area contributed by atoms with Crippen LogP contribution < -0.4 is 5.73 Å². The zero-order valence-electron chi connectivity index (χ0n) is 14.1. The van der Waals surface area contributed by atoms with Crippen molar-refractivity contribution in [1.82, 2.24) is 4.90 Å². The van der Waals surface area contributed by atoms with Crippen LogP contribution in [-0.2, 0) is 11.2 Å². The highest BCUT2D eigenvalue weighted by molar-refractivity contribution is 5.68. The van der Waals surface area contributed by atoms with Crippen molar-refractivity contribution in [1.29, 1.82) is 0 Å². The van der Waals surface area contributed by atoms with Crippen molar-refractivity contribution in [3.05, 3.63) is 35.4 Å². The Morgan fingerprint density at radius 1 is 1.27 bits per heavy atom. The van der Waals surface area contributed by atoms with Crippen LogP contribution in [0.1, 0.15) is 38.3 Å². The lowest BCUT2D eigenvalue weighted by molar-refractivity contribution is 0.0145. The van der Waals surface area contributed by atoms with E-state index in [1.54, 1.807) is 4.90 Å². The minimum atomic E-state index is -0.467. The third kappa shape index (κ3) is 5.02. The number of hydrogen-bond acceptors (Lipinski definition) is 3. The molecular weight excluding hydrogens is 276 g/mol. The molecule has 4 heteroatoms. The minimum absolute atomic E-state index is 0.0247. The van der Waals surface area contributed by atoms with Crippen molar-refractivity contribution >= 4 is 6.09 Å². The van der Waals surface area contributed by atoms with Gasteiger partial charge in [0.2, 0.25) is 0 Å². The molecule has 0 aliphatic carbocycles. The highest BCUT2D eigenvalue weighted by Crippen LogP contribution is 2.22. The van der Waals surface area contributed by atoms with Gasteiger partial charge in [-0.15, -0.1) is 0 Å². The molecule has 2 unspecified atom stereocenters. The molecule has 0 radical (unpaired) electrons. The second-order valence-electron chi connectivity index (χ2n) is 7.44. The fourth-order valence-corrected chi connectivity index (χ4v) is 2.93. The van der Waals surface area contributed by atoms with E-state index in [1.165, 1.54) is 11.1 Å². The van der Waals surface area contributed by atoms with Gasteiger partial charge in [-0.05, 0) is 52.0 Å². The standard InChI is InChI=1S/C18H28N2O2/c1-13-5-7-14(8-6-13)9-15-10-16(19)12-20(11-15)17(21)22-18(2,3)4/h5-8,15-16H,9-12,19H2,1-4H3. The average Bonchev–Trinajstić information content (AvgIpc) is 2.39. The van der Waals surface area contributed by atoms with Crippen molar-refractivity contribution in [3.8, 4) is 0 Å². The van der Waals surface area contributed by atoms with Crippen LogP contribution in [0.2, 0.25) is 0 Å². The van der Waals surface area contributed by atoms with E-state index < -0.39 is 5.60 Å². The number of carbonyl (C=O) groups excluding carboxylic acids is 1. The first kappa shape index (κ1) is 16.8. The molecule has 1 heterocycles. The molecular formula is C18H28N2O2. The number of carbonyl (C=O) groups is 1. The maximum atomic E-state index is 12.3. The van der Waals surface area contributed by atoms with Crippen LogP contribution >= 0.6 is 0 Å². The monoisotopic (exact) mass is 304 g/mol. The summed E-state index contributed by atoms with van der Waals surface area (Å²) in [5.74, 6) is 0.388. The molecule has 0 bridgehead atoms. The van der Waals surface area contributed by atoms with E-state index in [1.807, 2.05) is 20.8 Å². The number of ether oxygens (including phenoxy) is 1. The zero-order valence-corrected chi connectivity index (χ0v) is 14.1. The predicted octanol–water partition coefficient (Wildman–Crippen LogP) is 3.12. The molecule has 2 rings (SSSR count). The summed E-state index contributed by atoms with van der Waals surface area (Å²) in [4.78, 5) is 14.0. The van der Waals surface area contributed by atoms with E-state index >= 15 is 0 Å². The van der Waals surface area contributed by atoms with Crippen molar-refractivity contribution in [2.24, 2.45) is 11.7 Å². The third-order valence-corrected chi connectivity index (χ3v) is 3.87. The lowest BCUT2D eigenvalue weighted by Gasteiger charge is -2.37. The summed E-state index contributed by atoms with van der Waals surface area (Å²) in [6, 6.07) is 8.60. The van der Waals surface area contributed by atoms with Crippen molar-refractivity contribution in [2.45, 2.75) is 52.2 Å². The molecule has 0 saturated carbocycles. The fraction of sp³-hybridized carbons (Fsp3) is 0.611. The molecule has 2 atom stereocenters. The summed E-state index contributed by atoms with van der Waals surface area (Å²) in [6.07, 6.45) is 1.65. The summed E-state index contributed by atoms with van der Waals surface area (Å²) in [7, 11) is 0. The van der Waals surface area contributed by atoms with E-state index in [0.717, 1.165) is 19.4 Å². The van der Waals surface area contributed by atoms with Gasteiger partial charge in [-0.3, -0.25) is 0 Å². The van der Waals surface area contributed by atoms with E-state index in [-0.39, 0.29) is 12.1 Å². The molecule has 0 aromatic heterocycles. The summed E-state index contributed by atoms with van der Waals surface area (Å²) in [5.41, 5.74) is 8.24. The summed E-state index contributed by atoms with van der Waals surface area (Å²) in [5, 5.41) is 0. The van der Waals surface area contributed by atoms with E-state index in [0.29, 0.717) is 12.5 Å². The molecule has 22 heavy (non-hydrogen) atoms. The zero-order chi connectivity index (χ0) is 16.3. The second kappa shape index (κ2) is 6.69. The molecule has 1 aliphatic heterocycles. The summed E-state index contributed by atoms with van der Waals surface area (Å²) < 4.78 is 5.47. The molecule has 1 fully saturated rings. The number of piperidine rings is 1. The van der Waals surface area contributed by atoms with Gasteiger partial charge in [0.15, 0.2) is 0 Å². The number of hydrogen-bond donors (Lipinski definition) is 1. The highest BCUT2D eigenvalue weighted by Gasteiger charge is 2.31. The molecule has 1 amide bonds. The second-order valence-corrected chi connectivity index (χ2v) is 7.44. The Labute approximate surface area is 133 Å². The number of nitrogens with two attached hydrogens (primary N) is 1. The van der Waals surface area contributed by atoms with Gasteiger partial charge in [-0.25, -0.2) is 4.79 Å². The topological polar surface area (TPSA) is 55.6 Å². The molecule has 1 aromatic carbocycles. The Kier molecular flexibility index (Phi) is 5.12. The van der Waals surface area contributed by atoms with Gasteiger partial charge in [-0.1, -0.05) is 29.8 Å². The molecule has 1 aliphatic rings. The number of benzene rings is 1. The molecule has 1 saturated heterocycles. The van der Waals surface area contributed by atoms with Crippen molar-refractivity contribution in [3.63, 3.8) is 0 Å². The molecule has 4 nitrogen and oxygen atoms in total. The number of nitrogens with zero attached hydrogens (tertiary/aromatic N) is 1. The molecule has 122 valence electrons. The van der Waals surface area contributed by atoms with Crippen molar-refractivity contribution in [2.75, 3.05) is 13.1 Å². The smallest absolute Gasteiger partial charge is 0.410 e. The lowest BCUT2D eigenvalue weighted by atomic mass is 9.89. The van der Waals surface area contributed by atoms with Gasteiger partial charge in [-0.2, -0.15) is 0 Å². The highest BCUT2D eigenvalue weighted by atomic mass is 16.6. The van der Waals surface area contributed by atoms with E-state index in [4.69, 9.17) is 10.5 Å². The number of likely N-dealkylation sites (tertiary alicyclic amines) is 1. The summed E-state index contributed by atoms with van der Waals surface area (Å²) >= 11 is 0. The van der Waals surface area contributed by atoms with Crippen molar-refractivity contribution < 1.29 is 9.53 Å². The van der Waals surface area contributed by atoms with Crippen LogP contribution in [0.15, 0.2) is 24.3 Å². The van der Waals surface area contributed by atoms with Crippen LogP contribution in [-0.4, -0.2) is 35.7 Å². The maximum Gasteiger partial charge on any atom is 0.410 e. The number of aryl methyl sites for hydroxylation is 1. The molecule has 0 spiro atoms. The predicted molar refractivity (Wildman–Crippen MR) is 88.8 cm³/mol. The Hall–Kier alpha value is -1.55. The SMILES string of the molecule is Cc1ccc(CC2CC(N)CN(C(=O)OC(C)(C)C)C2)cc1. The van der Waals surface area contributed by atoms with Gasteiger partial charge in [0.05, 0.1) is 0 Å². The first-order valence-electron chi connectivity index (χ1n) is 8.02. The number of amides is 1. The van der Waals surface area contributed by atoms with Gasteiger partial charge in [0.1, 0.15) is 5.60 Å².